The summed E-state index contributed by atoms with van der Waals surface area (Å²) in [5, 5.41) is 3.35. The molecule has 1 saturated heterocycles. The molecular formula is C24H25ClN4O3. The van der Waals surface area contributed by atoms with Gasteiger partial charge >= 0.3 is 0 Å². The summed E-state index contributed by atoms with van der Waals surface area (Å²) in [7, 11) is 1.51. The first-order chi connectivity index (χ1) is 15.5. The van der Waals surface area contributed by atoms with Crippen molar-refractivity contribution in [2.24, 2.45) is 5.73 Å². The van der Waals surface area contributed by atoms with Crippen molar-refractivity contribution in [3.8, 4) is 11.4 Å². The second-order valence-electron chi connectivity index (χ2n) is 7.69. The van der Waals surface area contributed by atoms with Gasteiger partial charge in [0.25, 0.3) is 5.91 Å². The molecule has 0 bridgehead atoms. The fraction of sp³-hybridized carbons (Fsp3) is 0.250. The van der Waals surface area contributed by atoms with Crippen molar-refractivity contribution in [2.75, 3.05) is 30.4 Å². The van der Waals surface area contributed by atoms with E-state index in [0.29, 0.717) is 33.3 Å². The van der Waals surface area contributed by atoms with E-state index in [0.717, 1.165) is 31.6 Å². The Morgan fingerprint density at radius 3 is 2.41 bits per heavy atom. The molecule has 0 unspecified atom stereocenters. The zero-order valence-corrected chi connectivity index (χ0v) is 18.6. The van der Waals surface area contributed by atoms with Gasteiger partial charge in [0.15, 0.2) is 0 Å². The summed E-state index contributed by atoms with van der Waals surface area (Å²) in [5.74, 6) is -0.550. The first-order valence-electron chi connectivity index (χ1n) is 10.5. The normalized spacial score (nSPS) is 13.6. The number of primary amides is 1. The molecule has 1 aliphatic heterocycles. The Morgan fingerprint density at radius 2 is 1.75 bits per heavy atom. The number of aromatic nitrogens is 1. The highest BCUT2D eigenvalue weighted by Crippen LogP contribution is 2.33. The number of ether oxygens (including phenoxy) is 1. The first kappa shape index (κ1) is 21.8. The molecule has 1 fully saturated rings. The van der Waals surface area contributed by atoms with Gasteiger partial charge in [-0.25, -0.2) is 0 Å². The van der Waals surface area contributed by atoms with Gasteiger partial charge in [-0.05, 0) is 55.7 Å². The van der Waals surface area contributed by atoms with Crippen molar-refractivity contribution < 1.29 is 14.3 Å². The van der Waals surface area contributed by atoms with E-state index in [1.807, 2.05) is 35.2 Å². The molecule has 166 valence electrons. The van der Waals surface area contributed by atoms with Crippen LogP contribution in [0, 0.1) is 0 Å². The quantitative estimate of drug-likeness (QED) is 0.577. The van der Waals surface area contributed by atoms with Crippen molar-refractivity contribution in [3.05, 3.63) is 71.0 Å². The van der Waals surface area contributed by atoms with Crippen molar-refractivity contribution in [3.63, 3.8) is 0 Å². The Balaban J connectivity index is 1.69. The predicted molar refractivity (Wildman–Crippen MR) is 126 cm³/mol. The third-order valence-electron chi connectivity index (χ3n) is 5.62. The second kappa shape index (κ2) is 9.36. The third kappa shape index (κ3) is 4.43. The van der Waals surface area contributed by atoms with E-state index in [4.69, 9.17) is 22.1 Å². The molecule has 2 amide bonds. The zero-order chi connectivity index (χ0) is 22.7. The number of rotatable bonds is 6. The van der Waals surface area contributed by atoms with Gasteiger partial charge in [0.05, 0.1) is 34.8 Å². The molecular weight excluding hydrogens is 428 g/mol. The van der Waals surface area contributed by atoms with Gasteiger partial charge in [-0.15, -0.1) is 0 Å². The average Bonchev–Trinajstić information content (AvgIpc) is 3.34. The Kier molecular flexibility index (Phi) is 6.37. The van der Waals surface area contributed by atoms with Crippen LogP contribution >= 0.6 is 11.6 Å². The fourth-order valence-corrected chi connectivity index (χ4v) is 4.23. The standard InChI is InChI=1S/C24H25ClN4O3/c1-32-22-15-21(29-11-5-6-12-29)18(25)14-17(22)24(31)27-19-13-16(23(26)30)7-8-20(19)28-9-3-2-4-10-28/h5-8,11-15H,2-4,9-10H2,1H3,(H2,26,30)(H,27,31). The summed E-state index contributed by atoms with van der Waals surface area (Å²) in [6, 6.07) is 12.2. The minimum Gasteiger partial charge on any atom is -0.496 e. The van der Waals surface area contributed by atoms with E-state index in [1.165, 1.54) is 13.5 Å². The molecule has 0 radical (unpaired) electrons. The number of benzene rings is 2. The minimum absolute atomic E-state index is 0.294. The van der Waals surface area contributed by atoms with Gasteiger partial charge in [-0.1, -0.05) is 11.6 Å². The van der Waals surface area contributed by atoms with Crippen LogP contribution in [0.5, 0.6) is 5.75 Å². The van der Waals surface area contributed by atoms with Gasteiger partial charge < -0.3 is 25.3 Å². The number of nitrogens with zero attached hydrogens (tertiary/aromatic N) is 2. The van der Waals surface area contributed by atoms with Crippen LogP contribution in [0.25, 0.3) is 5.69 Å². The number of methoxy groups -OCH3 is 1. The highest BCUT2D eigenvalue weighted by Gasteiger charge is 2.21. The maximum atomic E-state index is 13.3. The Bertz CT molecular complexity index is 1140. The number of nitrogens with one attached hydrogen (secondary N) is 1. The lowest BCUT2D eigenvalue weighted by molar-refractivity contribution is 0.0995. The number of hydrogen-bond donors (Lipinski definition) is 2. The molecule has 1 aromatic heterocycles. The Hall–Kier alpha value is -3.45. The summed E-state index contributed by atoms with van der Waals surface area (Å²) < 4.78 is 7.33. The number of carbonyl (C=O) groups excluding carboxylic acids is 2. The first-order valence-corrected chi connectivity index (χ1v) is 10.9. The lowest BCUT2D eigenvalue weighted by Crippen LogP contribution is -2.30. The average molecular weight is 453 g/mol. The fourth-order valence-electron chi connectivity index (χ4n) is 3.97. The molecule has 0 aliphatic carbocycles. The van der Waals surface area contributed by atoms with E-state index < -0.39 is 5.91 Å². The molecule has 4 rings (SSSR count). The predicted octanol–water partition coefficient (Wildman–Crippen LogP) is 4.48. The van der Waals surface area contributed by atoms with E-state index in [9.17, 15) is 9.59 Å². The molecule has 8 heteroatoms. The molecule has 0 saturated carbocycles. The van der Waals surface area contributed by atoms with Gasteiger partial charge in [-0.2, -0.15) is 0 Å². The molecule has 3 N–H and O–H groups in total. The van der Waals surface area contributed by atoms with Crippen LogP contribution in [-0.2, 0) is 0 Å². The van der Waals surface area contributed by atoms with Crippen LogP contribution in [0.2, 0.25) is 5.02 Å². The second-order valence-corrected chi connectivity index (χ2v) is 8.10. The maximum Gasteiger partial charge on any atom is 0.259 e. The summed E-state index contributed by atoms with van der Waals surface area (Å²) in [5.41, 5.74) is 8.19. The molecule has 2 aromatic carbocycles. The minimum atomic E-state index is -0.553. The van der Waals surface area contributed by atoms with Crippen molar-refractivity contribution in [1.82, 2.24) is 4.57 Å². The summed E-state index contributed by atoms with van der Waals surface area (Å²) in [6.07, 6.45) is 7.06. The van der Waals surface area contributed by atoms with Crippen LogP contribution in [-0.4, -0.2) is 36.6 Å². The molecule has 1 aliphatic rings. The maximum absolute atomic E-state index is 13.3. The molecule has 3 aromatic rings. The summed E-state index contributed by atoms with van der Waals surface area (Å²) in [6.45, 7) is 1.78. The highest BCUT2D eigenvalue weighted by atomic mass is 35.5. The van der Waals surface area contributed by atoms with Gasteiger partial charge in [0.1, 0.15) is 5.75 Å². The van der Waals surface area contributed by atoms with E-state index >= 15 is 0 Å². The molecule has 0 spiro atoms. The molecule has 7 nitrogen and oxygen atoms in total. The van der Waals surface area contributed by atoms with E-state index in [2.05, 4.69) is 10.2 Å². The molecule has 2 heterocycles. The number of carbonyl (C=O) groups is 2. The summed E-state index contributed by atoms with van der Waals surface area (Å²) >= 11 is 6.49. The summed E-state index contributed by atoms with van der Waals surface area (Å²) in [4.78, 5) is 27.2. The zero-order valence-electron chi connectivity index (χ0n) is 17.8. The van der Waals surface area contributed by atoms with Gasteiger partial charge in [0, 0.05) is 37.1 Å². The number of amides is 2. The van der Waals surface area contributed by atoms with Crippen LogP contribution < -0.4 is 20.7 Å². The monoisotopic (exact) mass is 452 g/mol. The van der Waals surface area contributed by atoms with Crippen LogP contribution in [0.3, 0.4) is 0 Å². The lowest BCUT2D eigenvalue weighted by Gasteiger charge is -2.30. The third-order valence-corrected chi connectivity index (χ3v) is 5.92. The number of piperidine rings is 1. The Labute approximate surface area is 191 Å². The van der Waals surface area contributed by atoms with Crippen LogP contribution in [0.4, 0.5) is 11.4 Å². The molecule has 32 heavy (non-hydrogen) atoms. The number of nitrogens with two attached hydrogens (primary N) is 1. The number of anilines is 2. The largest absolute Gasteiger partial charge is 0.496 e. The van der Waals surface area contributed by atoms with Crippen molar-refractivity contribution >= 4 is 34.8 Å². The SMILES string of the molecule is COc1cc(-n2cccc2)c(Cl)cc1C(=O)Nc1cc(C(N)=O)ccc1N1CCCCC1. The van der Waals surface area contributed by atoms with Crippen molar-refractivity contribution in [2.45, 2.75) is 19.3 Å². The van der Waals surface area contributed by atoms with E-state index in [1.54, 1.807) is 24.3 Å². The van der Waals surface area contributed by atoms with E-state index in [-0.39, 0.29) is 5.91 Å². The molecule has 0 atom stereocenters. The van der Waals surface area contributed by atoms with Crippen molar-refractivity contribution in [1.29, 1.82) is 0 Å². The topological polar surface area (TPSA) is 89.6 Å². The van der Waals surface area contributed by atoms with Gasteiger partial charge in [-0.3, -0.25) is 9.59 Å². The Morgan fingerprint density at radius 1 is 1.03 bits per heavy atom. The van der Waals surface area contributed by atoms with Crippen LogP contribution in [0.1, 0.15) is 40.0 Å². The van der Waals surface area contributed by atoms with Crippen LogP contribution in [0.15, 0.2) is 54.9 Å². The smallest absolute Gasteiger partial charge is 0.259 e. The number of halogens is 1. The van der Waals surface area contributed by atoms with Gasteiger partial charge in [0.2, 0.25) is 5.91 Å². The highest BCUT2D eigenvalue weighted by molar-refractivity contribution is 6.33. The number of hydrogen-bond acceptors (Lipinski definition) is 4. The lowest BCUT2D eigenvalue weighted by atomic mass is 10.1.